The van der Waals surface area contributed by atoms with Crippen LogP contribution in [0.5, 0.6) is 0 Å². The van der Waals surface area contributed by atoms with Gasteiger partial charge >= 0.3 is 5.97 Å². The number of hydrogen-bond acceptors (Lipinski definition) is 14. The summed E-state index contributed by atoms with van der Waals surface area (Å²) in [6.07, 6.45) is 3.43. The summed E-state index contributed by atoms with van der Waals surface area (Å²) in [6, 6.07) is 6.29. The highest BCUT2D eigenvalue weighted by molar-refractivity contribution is 7.98. The minimum atomic E-state index is -1.63. The number of nitrogens with two attached hydrogens (primary N) is 2. The molecule has 0 saturated carbocycles. The van der Waals surface area contributed by atoms with E-state index >= 15 is 0 Å². The Morgan fingerprint density at radius 1 is 0.667 bits per heavy atom. The van der Waals surface area contributed by atoms with Crippen LogP contribution in [0.1, 0.15) is 64.5 Å². The third-order valence-corrected chi connectivity index (χ3v) is 12.5. The van der Waals surface area contributed by atoms with Crippen LogP contribution < -0.4 is 54.0 Å². The zero-order chi connectivity index (χ0) is 53.5. The number of amides is 8. The van der Waals surface area contributed by atoms with Gasteiger partial charge in [-0.25, -0.2) is 4.79 Å². The molecule has 15 N–H and O–H groups in total. The molecule has 8 amide bonds. The number of unbranched alkanes of at least 4 members (excludes halogenated alkanes) is 1. The molecule has 1 heterocycles. The molecular formula is C48H71N11O11S2. The minimum absolute atomic E-state index is 0.00832. The van der Waals surface area contributed by atoms with Gasteiger partial charge in [-0.1, -0.05) is 62.4 Å². The molecule has 0 bridgehead atoms. The molecule has 396 valence electrons. The number of thiol groups is 1. The van der Waals surface area contributed by atoms with E-state index in [9.17, 15) is 53.4 Å². The van der Waals surface area contributed by atoms with Crippen molar-refractivity contribution in [3.63, 3.8) is 0 Å². The molecule has 0 spiro atoms. The van der Waals surface area contributed by atoms with Crippen LogP contribution in [0.15, 0.2) is 60.8 Å². The fraction of sp³-hybridized carbons (Fsp3) is 0.521. The SMILES string of the molecule is CSCC[C@H](NC(=O)[C@H](C)NC(=O)[C@@H](NC(=O)CNC(=O)[C@H](Cc1ccccc1)NC(=O)[C@@H](NC(=O)[C@@H](N)Cc1c[nH]c2ccccc12)C(C)C)[C@@H](C)O)C(=O)N[C@@H](CS)C(=O)N[C@@H](CCCCN)C(=O)O. The summed E-state index contributed by atoms with van der Waals surface area (Å²) in [5, 5.41) is 41.1. The number of aromatic amines is 1. The van der Waals surface area contributed by atoms with Crippen molar-refractivity contribution in [3.05, 3.63) is 71.9 Å². The van der Waals surface area contributed by atoms with E-state index in [4.69, 9.17) is 11.5 Å². The smallest absolute Gasteiger partial charge is 0.326 e. The Morgan fingerprint density at radius 3 is 1.90 bits per heavy atom. The van der Waals surface area contributed by atoms with E-state index in [2.05, 4.69) is 60.1 Å². The molecule has 22 nitrogen and oxygen atoms in total. The number of aromatic nitrogens is 1. The Kier molecular flexibility index (Phi) is 25.6. The number of fused-ring (bicyclic) bond motifs is 1. The first-order valence-electron chi connectivity index (χ1n) is 23.7. The predicted molar refractivity (Wildman–Crippen MR) is 276 cm³/mol. The monoisotopic (exact) mass is 1040 g/mol. The third kappa shape index (κ3) is 19.4. The zero-order valence-electron chi connectivity index (χ0n) is 41.2. The van der Waals surface area contributed by atoms with Crippen molar-refractivity contribution in [1.29, 1.82) is 0 Å². The summed E-state index contributed by atoms with van der Waals surface area (Å²) in [5.41, 5.74) is 14.2. The number of carbonyl (C=O) groups excluding carboxylic acids is 8. The standard InChI is InChI=1S/C48H71N11O11S2/c1-26(2)39(59-42(63)32(50)22-30-23-51-33-16-10-9-15-31(30)33)46(67)56-36(21-29-13-7-6-8-14-29)43(64)52-24-38(61)58-40(28(4)60)47(68)53-27(3)41(62)54-34(18-20-72-5)44(65)57-37(25-71)45(66)55-35(48(69)70)17-11-12-19-49/h6-10,13-16,23,26-28,32,34-37,39-40,51,60,71H,11-12,17-22,24-25,49-50H2,1-5H3,(H,52,64)(H,53,68)(H,54,62)(H,55,66)(H,56,67)(H,57,65)(H,58,61)(H,59,63)(H,69,70)/t27-,28+,32-,34-,35-,36-,37-,39-,40-/m0/s1. The first-order chi connectivity index (χ1) is 34.2. The van der Waals surface area contributed by atoms with Gasteiger partial charge in [0.25, 0.3) is 0 Å². The average molecular weight is 1040 g/mol. The molecule has 0 aliphatic rings. The lowest BCUT2D eigenvalue weighted by molar-refractivity contribution is -0.142. The van der Waals surface area contributed by atoms with E-state index in [0.29, 0.717) is 30.7 Å². The molecule has 24 heteroatoms. The van der Waals surface area contributed by atoms with Gasteiger partial charge in [-0.15, -0.1) is 0 Å². The number of carboxylic acids is 1. The normalized spacial score (nSPS) is 15.0. The van der Waals surface area contributed by atoms with Crippen LogP contribution in [0.2, 0.25) is 0 Å². The highest BCUT2D eigenvalue weighted by atomic mass is 32.2. The summed E-state index contributed by atoms with van der Waals surface area (Å²) < 4.78 is 0. The lowest BCUT2D eigenvalue weighted by atomic mass is 9.99. The lowest BCUT2D eigenvalue weighted by Gasteiger charge is -2.27. The van der Waals surface area contributed by atoms with Gasteiger partial charge < -0.3 is 69.2 Å². The maximum atomic E-state index is 13.8. The number of carboxylic acid groups (broad SMARTS) is 1. The number of para-hydroxylation sites is 1. The largest absolute Gasteiger partial charge is 0.480 e. The number of thioether (sulfide) groups is 1. The molecule has 3 rings (SSSR count). The molecule has 1 aromatic heterocycles. The second-order valence-electron chi connectivity index (χ2n) is 17.7. The number of rotatable bonds is 31. The first kappa shape index (κ1) is 60.1. The number of aliphatic hydroxyl groups is 1. The number of nitrogens with one attached hydrogen (secondary N) is 9. The molecule has 0 fully saturated rings. The summed E-state index contributed by atoms with van der Waals surface area (Å²) in [6.45, 7) is 5.59. The lowest BCUT2D eigenvalue weighted by Crippen LogP contribution is -2.60. The van der Waals surface area contributed by atoms with Crippen LogP contribution in [0.25, 0.3) is 10.9 Å². The number of hydrogen-bond donors (Lipinski definition) is 14. The van der Waals surface area contributed by atoms with Gasteiger partial charge in [-0.2, -0.15) is 24.4 Å². The van der Waals surface area contributed by atoms with Gasteiger partial charge in [0.05, 0.1) is 18.7 Å². The predicted octanol–water partition coefficient (Wildman–Crippen LogP) is -1.26. The van der Waals surface area contributed by atoms with Gasteiger partial charge in [-0.05, 0) is 87.6 Å². The number of carbonyl (C=O) groups is 9. The van der Waals surface area contributed by atoms with Crippen LogP contribution in [0, 0.1) is 5.92 Å². The van der Waals surface area contributed by atoms with Gasteiger partial charge in [0.1, 0.15) is 42.3 Å². The Hall–Kier alpha value is -6.21. The van der Waals surface area contributed by atoms with E-state index in [0.717, 1.165) is 16.5 Å². The summed E-state index contributed by atoms with van der Waals surface area (Å²) >= 11 is 5.52. The van der Waals surface area contributed by atoms with Crippen LogP contribution in [0.3, 0.4) is 0 Å². The second-order valence-corrected chi connectivity index (χ2v) is 19.0. The van der Waals surface area contributed by atoms with Crippen molar-refractivity contribution < 1.29 is 53.4 Å². The third-order valence-electron chi connectivity index (χ3n) is 11.5. The fourth-order valence-corrected chi connectivity index (χ4v) is 8.05. The van der Waals surface area contributed by atoms with E-state index in [-0.39, 0.29) is 31.4 Å². The fourth-order valence-electron chi connectivity index (χ4n) is 7.33. The van der Waals surface area contributed by atoms with Crippen LogP contribution in [0.4, 0.5) is 0 Å². The maximum Gasteiger partial charge on any atom is 0.326 e. The summed E-state index contributed by atoms with van der Waals surface area (Å²) in [7, 11) is 0. The quantitative estimate of drug-likeness (QED) is 0.0265. The van der Waals surface area contributed by atoms with Crippen LogP contribution in [-0.4, -0.2) is 154 Å². The van der Waals surface area contributed by atoms with Crippen molar-refractivity contribution in [2.24, 2.45) is 17.4 Å². The van der Waals surface area contributed by atoms with Crippen LogP contribution >= 0.6 is 24.4 Å². The van der Waals surface area contributed by atoms with Gasteiger partial charge in [-0.3, -0.25) is 38.4 Å². The highest BCUT2D eigenvalue weighted by Gasteiger charge is 2.34. The van der Waals surface area contributed by atoms with E-state index in [1.807, 2.05) is 24.3 Å². The van der Waals surface area contributed by atoms with Crippen LogP contribution in [-0.2, 0) is 56.0 Å². The molecule has 0 saturated heterocycles. The van der Waals surface area contributed by atoms with E-state index in [1.165, 1.54) is 25.6 Å². The molecule has 9 atom stereocenters. The van der Waals surface area contributed by atoms with Gasteiger partial charge in [0.15, 0.2) is 0 Å². The first-order valence-corrected chi connectivity index (χ1v) is 25.7. The molecule has 2 aromatic carbocycles. The number of aliphatic carboxylic acids is 1. The molecular weight excluding hydrogens is 971 g/mol. The topological polar surface area (TPSA) is 358 Å². The number of H-pyrrole nitrogens is 1. The maximum absolute atomic E-state index is 13.8. The molecule has 3 aromatic rings. The van der Waals surface area contributed by atoms with Crippen molar-refractivity contribution in [2.75, 3.05) is 30.9 Å². The molecule has 0 aliphatic carbocycles. The number of benzene rings is 2. The molecule has 0 unspecified atom stereocenters. The highest BCUT2D eigenvalue weighted by Crippen LogP contribution is 2.19. The Labute approximate surface area is 428 Å². The van der Waals surface area contributed by atoms with Crippen molar-refractivity contribution in [3.8, 4) is 0 Å². The van der Waals surface area contributed by atoms with E-state index < -0.39 is 120 Å². The molecule has 0 aliphatic heterocycles. The minimum Gasteiger partial charge on any atom is -0.480 e. The average Bonchev–Trinajstić information content (AvgIpc) is 3.75. The Morgan fingerprint density at radius 2 is 1.28 bits per heavy atom. The van der Waals surface area contributed by atoms with Crippen molar-refractivity contribution in [2.45, 2.75) is 121 Å². The second kappa shape index (κ2) is 30.6. The Bertz CT molecular complexity index is 2300. The molecule has 0 radical (unpaired) electrons. The summed E-state index contributed by atoms with van der Waals surface area (Å²) in [4.78, 5) is 122. The Balaban J connectivity index is 1.63. The van der Waals surface area contributed by atoms with Crippen molar-refractivity contribution in [1.82, 2.24) is 47.5 Å². The molecule has 72 heavy (non-hydrogen) atoms. The van der Waals surface area contributed by atoms with Gasteiger partial charge in [0.2, 0.25) is 47.3 Å². The number of aliphatic hydroxyl groups excluding tert-OH is 1. The van der Waals surface area contributed by atoms with E-state index in [1.54, 1.807) is 56.6 Å². The summed E-state index contributed by atoms with van der Waals surface area (Å²) in [5.74, 6) is -7.84. The zero-order valence-corrected chi connectivity index (χ0v) is 42.9. The van der Waals surface area contributed by atoms with Gasteiger partial charge in [0, 0.05) is 29.3 Å². The van der Waals surface area contributed by atoms with Crippen molar-refractivity contribution >= 4 is 88.5 Å².